The van der Waals surface area contributed by atoms with E-state index < -0.39 is 0 Å². The lowest BCUT2D eigenvalue weighted by atomic mass is 9.82. The Bertz CT molecular complexity index is 799. The van der Waals surface area contributed by atoms with Gasteiger partial charge in [0, 0.05) is 0 Å². The summed E-state index contributed by atoms with van der Waals surface area (Å²) in [6, 6.07) is 11.4. The first kappa shape index (κ1) is 14.4. The molecule has 0 saturated carbocycles. The third-order valence-corrected chi connectivity index (χ3v) is 4.20. The predicted molar refractivity (Wildman–Crippen MR) is 88.3 cm³/mol. The third kappa shape index (κ3) is 2.30. The number of benzene rings is 2. The maximum Gasteiger partial charge on any atom is 0.231 e. The van der Waals surface area contributed by atoms with Gasteiger partial charge in [0.05, 0.1) is 11.8 Å². The van der Waals surface area contributed by atoms with Crippen LogP contribution in [0.25, 0.3) is 0 Å². The molecule has 2 aromatic carbocycles. The van der Waals surface area contributed by atoms with Crippen molar-refractivity contribution in [3.05, 3.63) is 47.5 Å². The first-order valence-electron chi connectivity index (χ1n) is 7.51. The summed E-state index contributed by atoms with van der Waals surface area (Å²) in [5, 5.41) is 0. The van der Waals surface area contributed by atoms with Gasteiger partial charge in [-0.2, -0.15) is 0 Å². The lowest BCUT2D eigenvalue weighted by Crippen LogP contribution is -2.08. The van der Waals surface area contributed by atoms with Gasteiger partial charge in [0.1, 0.15) is 0 Å². The standard InChI is InChI=1S/C20H14O4/c1-3-15(13-5-7-17-19(9-13)23-11-21-17)16(4-2)14-6-8-18-20(10-14)24-12-22-18/h1-2,5-10,15-16H,11-12H2/t15-,16-/m0/s1. The van der Waals surface area contributed by atoms with Crippen LogP contribution in [-0.2, 0) is 0 Å². The van der Waals surface area contributed by atoms with Crippen molar-refractivity contribution in [2.75, 3.05) is 13.6 Å². The molecule has 2 aliphatic heterocycles. The van der Waals surface area contributed by atoms with E-state index >= 15 is 0 Å². The summed E-state index contributed by atoms with van der Waals surface area (Å²) >= 11 is 0. The van der Waals surface area contributed by atoms with Gasteiger partial charge < -0.3 is 18.9 Å². The molecule has 118 valence electrons. The monoisotopic (exact) mass is 318 g/mol. The molecule has 0 radical (unpaired) electrons. The van der Waals surface area contributed by atoms with Crippen LogP contribution < -0.4 is 18.9 Å². The summed E-state index contributed by atoms with van der Waals surface area (Å²) in [7, 11) is 0. The number of rotatable bonds is 3. The van der Waals surface area contributed by atoms with Crippen molar-refractivity contribution in [1.82, 2.24) is 0 Å². The summed E-state index contributed by atoms with van der Waals surface area (Å²) in [5.74, 6) is 7.87. The van der Waals surface area contributed by atoms with Crippen molar-refractivity contribution >= 4 is 0 Å². The van der Waals surface area contributed by atoms with Crippen LogP contribution in [0.2, 0.25) is 0 Å². The van der Waals surface area contributed by atoms with Gasteiger partial charge in [0.15, 0.2) is 23.0 Å². The maximum absolute atomic E-state index is 5.80. The Kier molecular flexibility index (Phi) is 3.44. The third-order valence-electron chi connectivity index (χ3n) is 4.20. The van der Waals surface area contributed by atoms with Crippen LogP contribution in [0.4, 0.5) is 0 Å². The number of ether oxygens (including phenoxy) is 4. The largest absolute Gasteiger partial charge is 0.454 e. The highest BCUT2D eigenvalue weighted by Crippen LogP contribution is 2.41. The Hall–Kier alpha value is -3.24. The van der Waals surface area contributed by atoms with Crippen LogP contribution >= 0.6 is 0 Å². The molecule has 0 aromatic heterocycles. The van der Waals surface area contributed by atoms with Crippen molar-refractivity contribution in [3.63, 3.8) is 0 Å². The first-order chi connectivity index (χ1) is 11.8. The van der Waals surface area contributed by atoms with Crippen LogP contribution in [0.15, 0.2) is 36.4 Å². The van der Waals surface area contributed by atoms with Crippen LogP contribution in [0.3, 0.4) is 0 Å². The van der Waals surface area contributed by atoms with Crippen molar-refractivity contribution in [2.24, 2.45) is 0 Å². The zero-order valence-electron chi connectivity index (χ0n) is 12.8. The molecule has 24 heavy (non-hydrogen) atoms. The van der Waals surface area contributed by atoms with E-state index in [2.05, 4.69) is 11.8 Å². The second kappa shape index (κ2) is 5.76. The summed E-state index contributed by atoms with van der Waals surface area (Å²) in [6.07, 6.45) is 11.6. The van der Waals surface area contributed by atoms with Gasteiger partial charge in [-0.3, -0.25) is 0 Å². The van der Waals surface area contributed by atoms with Gasteiger partial charge in [-0.25, -0.2) is 0 Å². The molecule has 2 aliphatic rings. The molecule has 0 N–H and O–H groups in total. The van der Waals surface area contributed by atoms with E-state index in [1.54, 1.807) is 0 Å². The number of terminal acetylenes is 2. The lowest BCUT2D eigenvalue weighted by Gasteiger charge is -2.20. The molecule has 2 atom stereocenters. The minimum absolute atomic E-state index is 0.222. The first-order valence-corrected chi connectivity index (χ1v) is 7.51. The van der Waals surface area contributed by atoms with Crippen molar-refractivity contribution in [2.45, 2.75) is 11.8 Å². The molecule has 0 unspecified atom stereocenters. The predicted octanol–water partition coefficient (Wildman–Crippen LogP) is 3.28. The van der Waals surface area contributed by atoms with Gasteiger partial charge in [-0.15, -0.1) is 12.8 Å². The van der Waals surface area contributed by atoms with E-state index in [1.807, 2.05) is 36.4 Å². The van der Waals surface area contributed by atoms with E-state index in [9.17, 15) is 0 Å². The fourth-order valence-corrected chi connectivity index (χ4v) is 2.98. The Labute approximate surface area is 140 Å². The minimum atomic E-state index is -0.287. The van der Waals surface area contributed by atoms with E-state index in [-0.39, 0.29) is 25.4 Å². The quantitative estimate of drug-likeness (QED) is 0.814. The minimum Gasteiger partial charge on any atom is -0.454 e. The Morgan fingerprint density at radius 3 is 1.50 bits per heavy atom. The van der Waals surface area contributed by atoms with Gasteiger partial charge in [0.2, 0.25) is 13.6 Å². The molecule has 4 nitrogen and oxygen atoms in total. The number of hydrogen-bond donors (Lipinski definition) is 0. The molecular weight excluding hydrogens is 304 g/mol. The highest BCUT2D eigenvalue weighted by Gasteiger charge is 2.26. The molecule has 0 bridgehead atoms. The lowest BCUT2D eigenvalue weighted by molar-refractivity contribution is 0.173. The molecule has 0 amide bonds. The topological polar surface area (TPSA) is 36.9 Å². The average molecular weight is 318 g/mol. The van der Waals surface area contributed by atoms with E-state index in [1.165, 1.54) is 0 Å². The smallest absolute Gasteiger partial charge is 0.231 e. The summed E-state index contributed by atoms with van der Waals surface area (Å²) in [5.41, 5.74) is 1.84. The van der Waals surface area contributed by atoms with Crippen LogP contribution in [0.1, 0.15) is 23.0 Å². The van der Waals surface area contributed by atoms with E-state index in [4.69, 9.17) is 31.8 Å². The zero-order chi connectivity index (χ0) is 16.5. The normalized spacial score (nSPS) is 16.1. The molecule has 2 heterocycles. The van der Waals surface area contributed by atoms with Crippen LogP contribution in [0.5, 0.6) is 23.0 Å². The number of fused-ring (bicyclic) bond motifs is 2. The summed E-state index contributed by atoms with van der Waals surface area (Å²) in [6.45, 7) is 0.445. The SMILES string of the molecule is C#C[C@@H](c1ccc2c(c1)OCO2)[C@@H](C#C)c1ccc2c(c1)OCO2. The average Bonchev–Trinajstić information content (AvgIpc) is 3.26. The Morgan fingerprint density at radius 1 is 0.667 bits per heavy atom. The van der Waals surface area contributed by atoms with Gasteiger partial charge >= 0.3 is 0 Å². The van der Waals surface area contributed by atoms with Crippen LogP contribution in [-0.4, -0.2) is 13.6 Å². The van der Waals surface area contributed by atoms with Crippen LogP contribution in [0, 0.1) is 24.7 Å². The highest BCUT2D eigenvalue weighted by atomic mass is 16.7. The van der Waals surface area contributed by atoms with Gasteiger partial charge in [0.25, 0.3) is 0 Å². The van der Waals surface area contributed by atoms with Crippen molar-refractivity contribution in [3.8, 4) is 47.7 Å². The second-order valence-corrected chi connectivity index (χ2v) is 5.51. The number of hydrogen-bond acceptors (Lipinski definition) is 4. The maximum atomic E-state index is 5.80. The molecule has 0 aliphatic carbocycles. The summed E-state index contributed by atoms with van der Waals surface area (Å²) < 4.78 is 21.6. The van der Waals surface area contributed by atoms with E-state index in [0.717, 1.165) is 22.6 Å². The molecule has 4 heteroatoms. The van der Waals surface area contributed by atoms with Gasteiger partial charge in [-0.1, -0.05) is 24.0 Å². The molecule has 0 spiro atoms. The second-order valence-electron chi connectivity index (χ2n) is 5.51. The Morgan fingerprint density at radius 2 is 1.08 bits per heavy atom. The molecule has 0 saturated heterocycles. The molecule has 4 rings (SSSR count). The fourth-order valence-electron chi connectivity index (χ4n) is 2.98. The highest BCUT2D eigenvalue weighted by molar-refractivity contribution is 5.51. The van der Waals surface area contributed by atoms with Crippen molar-refractivity contribution < 1.29 is 18.9 Å². The fraction of sp³-hybridized carbons (Fsp3) is 0.200. The summed E-state index contributed by atoms with van der Waals surface area (Å²) in [4.78, 5) is 0. The molecule has 2 aromatic rings. The van der Waals surface area contributed by atoms with E-state index in [0.29, 0.717) is 11.5 Å². The molecular formula is C20H14O4. The molecule has 0 fully saturated rings. The Balaban J connectivity index is 1.71. The van der Waals surface area contributed by atoms with Gasteiger partial charge in [-0.05, 0) is 35.4 Å². The zero-order valence-corrected chi connectivity index (χ0v) is 12.8. The van der Waals surface area contributed by atoms with Crippen molar-refractivity contribution in [1.29, 1.82) is 0 Å².